The molecule has 6 atom stereocenters. The Morgan fingerprint density at radius 2 is 1.67 bits per heavy atom. The van der Waals surface area contributed by atoms with Gasteiger partial charge in [0.15, 0.2) is 0 Å². The summed E-state index contributed by atoms with van der Waals surface area (Å²) in [5.41, 5.74) is 1.87. The fourth-order valence-electron chi connectivity index (χ4n) is 7.64. The van der Waals surface area contributed by atoms with Gasteiger partial charge in [-0.1, -0.05) is 47.8 Å². The van der Waals surface area contributed by atoms with E-state index in [4.69, 9.17) is 0 Å². The molecule has 3 fully saturated rings. The summed E-state index contributed by atoms with van der Waals surface area (Å²) in [7, 11) is 0. The number of anilines is 2. The van der Waals surface area contributed by atoms with Crippen LogP contribution in [0.1, 0.15) is 59.3 Å². The quantitative estimate of drug-likeness (QED) is 0.124. The van der Waals surface area contributed by atoms with E-state index >= 15 is 0 Å². The molecule has 0 aromatic heterocycles. The summed E-state index contributed by atoms with van der Waals surface area (Å²) in [6.45, 7) is 17.9. The Hall–Kier alpha value is -2.30. The molecule has 1 spiro atoms. The van der Waals surface area contributed by atoms with E-state index < -0.39 is 22.6 Å². The van der Waals surface area contributed by atoms with E-state index in [1.807, 2.05) is 36.1 Å². The van der Waals surface area contributed by atoms with Crippen molar-refractivity contribution in [2.24, 2.45) is 11.8 Å². The zero-order valence-electron chi connectivity index (χ0n) is 27.2. The summed E-state index contributed by atoms with van der Waals surface area (Å²) >= 11 is 5.58. The Bertz CT molecular complexity index is 1210. The normalized spacial score (nSPS) is 26.6. The molecule has 248 valence electrons. The standard InChI is InChI=1S/C35H51BrN4O4S/c1-6-19-38(20-7-2)32(42)28-29-33(43)40(22-13-11-12-14-23-41)31(35(29)24-27(36)30(28)45-35)34(44)39(21-8-3)26-17-15-25(16-18-26)37(9-4)10-5/h6,8,15-18,27-31,41H,1,3,7,9-14,19-24H2,2,4-5H3/t27?,28-,29+,30-,31?,35?/m1/s1. The number of hydrogen-bond donors (Lipinski definition) is 1. The number of aliphatic hydroxyl groups excluding tert-OH is 1. The van der Waals surface area contributed by atoms with E-state index in [2.05, 4.69) is 47.8 Å². The highest BCUT2D eigenvalue weighted by Gasteiger charge is 2.76. The molecule has 3 heterocycles. The smallest absolute Gasteiger partial charge is 0.251 e. The lowest BCUT2D eigenvalue weighted by Crippen LogP contribution is -2.56. The molecular formula is C35H51BrN4O4S. The number of nitrogens with zero attached hydrogens (tertiary/aromatic N) is 4. The third-order valence-electron chi connectivity index (χ3n) is 9.64. The molecule has 10 heteroatoms. The maximum Gasteiger partial charge on any atom is 0.251 e. The average Bonchev–Trinajstić information content (AvgIpc) is 3.63. The first-order chi connectivity index (χ1) is 21.7. The number of likely N-dealkylation sites (tertiary alicyclic amines) is 1. The molecule has 3 aliphatic rings. The molecule has 3 amide bonds. The van der Waals surface area contributed by atoms with Crippen molar-refractivity contribution in [3.05, 3.63) is 49.6 Å². The van der Waals surface area contributed by atoms with Crippen LogP contribution in [-0.4, -0.2) is 99.4 Å². The van der Waals surface area contributed by atoms with Crippen LogP contribution in [0.25, 0.3) is 0 Å². The number of carbonyl (C=O) groups is 3. The minimum absolute atomic E-state index is 0.00967. The van der Waals surface area contributed by atoms with E-state index in [0.717, 1.165) is 56.6 Å². The van der Waals surface area contributed by atoms with Gasteiger partial charge >= 0.3 is 0 Å². The summed E-state index contributed by atoms with van der Waals surface area (Å²) in [5.74, 6) is -1.25. The first-order valence-corrected chi connectivity index (χ1v) is 18.4. The maximum atomic E-state index is 14.9. The maximum absolute atomic E-state index is 14.9. The van der Waals surface area contributed by atoms with Crippen molar-refractivity contribution in [2.45, 2.75) is 80.2 Å². The fraction of sp³-hybridized carbons (Fsp3) is 0.629. The van der Waals surface area contributed by atoms with E-state index in [0.29, 0.717) is 32.6 Å². The molecule has 0 aliphatic carbocycles. The molecule has 45 heavy (non-hydrogen) atoms. The lowest BCUT2D eigenvalue weighted by Gasteiger charge is -2.38. The van der Waals surface area contributed by atoms with Crippen molar-refractivity contribution in [1.82, 2.24) is 9.80 Å². The Morgan fingerprint density at radius 1 is 1.02 bits per heavy atom. The number of amides is 3. The highest BCUT2D eigenvalue weighted by Crippen LogP contribution is 2.68. The van der Waals surface area contributed by atoms with Gasteiger partial charge in [-0.05, 0) is 63.8 Å². The van der Waals surface area contributed by atoms with Crippen molar-refractivity contribution >= 4 is 56.8 Å². The van der Waals surface area contributed by atoms with Gasteiger partial charge in [0, 0.05) is 67.3 Å². The van der Waals surface area contributed by atoms with Crippen molar-refractivity contribution in [3.8, 4) is 0 Å². The van der Waals surface area contributed by atoms with Crippen LogP contribution in [0.3, 0.4) is 0 Å². The largest absolute Gasteiger partial charge is 0.396 e. The highest BCUT2D eigenvalue weighted by molar-refractivity contribution is 9.09. The van der Waals surface area contributed by atoms with Gasteiger partial charge in [0.1, 0.15) is 6.04 Å². The zero-order chi connectivity index (χ0) is 32.7. The molecule has 0 saturated carbocycles. The number of halogens is 1. The lowest BCUT2D eigenvalue weighted by molar-refractivity contribution is -0.143. The molecule has 1 aromatic rings. The molecule has 2 bridgehead atoms. The molecule has 0 radical (unpaired) electrons. The number of benzene rings is 1. The van der Waals surface area contributed by atoms with Gasteiger partial charge < -0.3 is 24.7 Å². The number of aliphatic hydroxyl groups is 1. The average molecular weight is 704 g/mol. The summed E-state index contributed by atoms with van der Waals surface area (Å²) in [6, 6.07) is 7.37. The third-order valence-corrected chi connectivity index (χ3v) is 12.9. The number of fused-ring (bicyclic) bond motifs is 1. The molecule has 3 aliphatic heterocycles. The van der Waals surface area contributed by atoms with Crippen molar-refractivity contribution in [2.75, 3.05) is 55.7 Å². The van der Waals surface area contributed by atoms with Gasteiger partial charge in [0.05, 0.1) is 16.6 Å². The second-order valence-electron chi connectivity index (χ2n) is 12.3. The third kappa shape index (κ3) is 6.89. The highest BCUT2D eigenvalue weighted by atomic mass is 79.9. The van der Waals surface area contributed by atoms with E-state index in [-0.39, 0.29) is 34.4 Å². The summed E-state index contributed by atoms with van der Waals surface area (Å²) in [6.07, 6.45) is 8.12. The van der Waals surface area contributed by atoms with Crippen LogP contribution in [0.5, 0.6) is 0 Å². The van der Waals surface area contributed by atoms with Crippen LogP contribution < -0.4 is 9.80 Å². The van der Waals surface area contributed by atoms with Crippen molar-refractivity contribution in [1.29, 1.82) is 0 Å². The number of rotatable bonds is 18. The Labute approximate surface area is 282 Å². The van der Waals surface area contributed by atoms with Gasteiger partial charge in [-0.3, -0.25) is 14.4 Å². The first kappa shape index (κ1) is 35.6. The van der Waals surface area contributed by atoms with Gasteiger partial charge in [-0.25, -0.2) is 0 Å². The molecular weight excluding hydrogens is 652 g/mol. The second-order valence-corrected chi connectivity index (χ2v) is 15.0. The van der Waals surface area contributed by atoms with Crippen LogP contribution in [0, 0.1) is 11.8 Å². The van der Waals surface area contributed by atoms with Crippen LogP contribution in [0.15, 0.2) is 49.6 Å². The van der Waals surface area contributed by atoms with Crippen LogP contribution in [0.2, 0.25) is 0 Å². The predicted molar refractivity (Wildman–Crippen MR) is 189 cm³/mol. The SMILES string of the molecule is C=CCN(CCC)C(=O)[C@H]1[C@@H]2SC3(CC2Br)C(C(=O)N(CC=C)c2ccc(N(CC)CC)cc2)N(CCCCCCO)C(=O)[C@H]13. The lowest BCUT2D eigenvalue weighted by atomic mass is 9.70. The fourth-order valence-corrected chi connectivity index (χ4v) is 11.2. The van der Waals surface area contributed by atoms with Crippen LogP contribution in [-0.2, 0) is 14.4 Å². The Kier molecular flexibility index (Phi) is 12.6. The minimum Gasteiger partial charge on any atom is -0.396 e. The van der Waals surface area contributed by atoms with Crippen LogP contribution >= 0.6 is 27.7 Å². The molecule has 8 nitrogen and oxygen atoms in total. The molecule has 3 unspecified atom stereocenters. The molecule has 1 N–H and O–H groups in total. The zero-order valence-corrected chi connectivity index (χ0v) is 29.6. The molecule has 1 aromatic carbocycles. The summed E-state index contributed by atoms with van der Waals surface area (Å²) < 4.78 is -0.703. The van der Waals surface area contributed by atoms with Gasteiger partial charge in [-0.2, -0.15) is 0 Å². The monoisotopic (exact) mass is 702 g/mol. The van der Waals surface area contributed by atoms with Crippen LogP contribution in [0.4, 0.5) is 11.4 Å². The number of alkyl halides is 1. The predicted octanol–water partition coefficient (Wildman–Crippen LogP) is 5.49. The van der Waals surface area contributed by atoms with Crippen molar-refractivity contribution < 1.29 is 19.5 Å². The summed E-state index contributed by atoms with van der Waals surface area (Å²) in [4.78, 5) is 51.3. The van der Waals surface area contributed by atoms with E-state index in [9.17, 15) is 19.5 Å². The van der Waals surface area contributed by atoms with Crippen molar-refractivity contribution in [3.63, 3.8) is 0 Å². The minimum atomic E-state index is -0.703. The van der Waals surface area contributed by atoms with Gasteiger partial charge in [0.25, 0.3) is 5.91 Å². The molecule has 4 rings (SSSR count). The van der Waals surface area contributed by atoms with E-state index in [1.165, 1.54) is 0 Å². The number of thioether (sulfide) groups is 1. The topological polar surface area (TPSA) is 84.4 Å². The van der Waals surface area contributed by atoms with Gasteiger partial charge in [0.2, 0.25) is 11.8 Å². The number of carbonyl (C=O) groups excluding carboxylic acids is 3. The molecule has 3 saturated heterocycles. The number of unbranched alkanes of at least 4 members (excludes halogenated alkanes) is 3. The second kappa shape index (κ2) is 16.0. The Balaban J connectivity index is 1.74. The van der Waals surface area contributed by atoms with Gasteiger partial charge in [-0.15, -0.1) is 24.9 Å². The number of hydrogen-bond acceptors (Lipinski definition) is 6. The van der Waals surface area contributed by atoms with E-state index in [1.54, 1.807) is 33.7 Å². The first-order valence-electron chi connectivity index (χ1n) is 16.6. The summed E-state index contributed by atoms with van der Waals surface area (Å²) in [5, 5.41) is 9.18. The Morgan fingerprint density at radius 3 is 2.27 bits per heavy atom.